The second-order valence-corrected chi connectivity index (χ2v) is 6.38. The number of carbonyl (C=O) groups is 3. The Balaban J connectivity index is 1.72. The van der Waals surface area contributed by atoms with E-state index in [9.17, 15) is 18.8 Å². The average molecular weight is 365 g/mol. The molecule has 7 heteroatoms. The van der Waals surface area contributed by atoms with Crippen LogP contribution >= 0.6 is 0 Å². The molecule has 1 aliphatic rings. The van der Waals surface area contributed by atoms with Crippen LogP contribution in [0.25, 0.3) is 0 Å². The Bertz CT molecular complexity index is 948. The molecule has 6 nitrogen and oxygen atoms in total. The first-order valence-electron chi connectivity index (χ1n) is 8.28. The van der Waals surface area contributed by atoms with Gasteiger partial charge >= 0.3 is 6.03 Å². The molecular formula is C20H16FN3O3. The van der Waals surface area contributed by atoms with E-state index in [1.165, 1.54) is 24.3 Å². The number of halogens is 1. The van der Waals surface area contributed by atoms with Gasteiger partial charge in [0.1, 0.15) is 11.4 Å². The molecule has 0 radical (unpaired) electrons. The minimum absolute atomic E-state index is 0.0613. The number of amides is 3. The number of benzene rings is 2. The van der Waals surface area contributed by atoms with Gasteiger partial charge in [-0.2, -0.15) is 5.26 Å². The molecule has 2 aromatic carbocycles. The molecule has 1 aliphatic heterocycles. The number of urea groups is 1. The van der Waals surface area contributed by atoms with Crippen molar-refractivity contribution in [2.24, 2.45) is 0 Å². The molecule has 1 unspecified atom stereocenters. The lowest BCUT2D eigenvalue weighted by atomic mass is 9.91. The van der Waals surface area contributed by atoms with Gasteiger partial charge in [0.25, 0.3) is 5.91 Å². The zero-order valence-electron chi connectivity index (χ0n) is 14.5. The van der Waals surface area contributed by atoms with Crippen LogP contribution in [0.4, 0.5) is 9.18 Å². The van der Waals surface area contributed by atoms with Crippen molar-refractivity contribution < 1.29 is 18.8 Å². The Hall–Kier alpha value is -3.53. The Labute approximate surface area is 155 Å². The lowest BCUT2D eigenvalue weighted by Crippen LogP contribution is -2.41. The Kier molecular flexibility index (Phi) is 4.74. The number of rotatable bonds is 5. The standard InChI is InChI=1S/C20H16FN3O3/c1-20(15-6-2-13(12-22)3-7-15)18(26)24(19(27)23-20)11-10-17(25)14-4-8-16(21)9-5-14/h2-9H,10-11H2,1H3,(H,23,27). The maximum absolute atomic E-state index is 12.9. The second-order valence-electron chi connectivity index (χ2n) is 6.38. The summed E-state index contributed by atoms with van der Waals surface area (Å²) in [5, 5.41) is 11.5. The normalized spacial score (nSPS) is 18.9. The van der Waals surface area contributed by atoms with Crippen LogP contribution < -0.4 is 5.32 Å². The minimum Gasteiger partial charge on any atom is -0.319 e. The summed E-state index contributed by atoms with van der Waals surface area (Å²) in [5.74, 6) is -1.20. The fourth-order valence-electron chi connectivity index (χ4n) is 2.97. The molecule has 0 saturated carbocycles. The first-order chi connectivity index (χ1) is 12.8. The predicted molar refractivity (Wildman–Crippen MR) is 94.1 cm³/mol. The highest BCUT2D eigenvalue weighted by molar-refractivity contribution is 6.07. The van der Waals surface area contributed by atoms with Crippen LogP contribution in [0.5, 0.6) is 0 Å². The molecule has 1 N–H and O–H groups in total. The Morgan fingerprint density at radius 2 is 1.78 bits per heavy atom. The first-order valence-corrected chi connectivity index (χ1v) is 8.28. The molecule has 1 saturated heterocycles. The van der Waals surface area contributed by atoms with Gasteiger partial charge in [0.15, 0.2) is 5.78 Å². The smallest absolute Gasteiger partial charge is 0.319 e. The van der Waals surface area contributed by atoms with Crippen molar-refractivity contribution in [2.45, 2.75) is 18.9 Å². The summed E-state index contributed by atoms with van der Waals surface area (Å²) < 4.78 is 12.9. The largest absolute Gasteiger partial charge is 0.325 e. The van der Waals surface area contributed by atoms with E-state index in [2.05, 4.69) is 5.32 Å². The zero-order chi connectivity index (χ0) is 19.6. The molecule has 1 heterocycles. The van der Waals surface area contributed by atoms with E-state index in [1.807, 2.05) is 6.07 Å². The zero-order valence-corrected chi connectivity index (χ0v) is 14.5. The third kappa shape index (κ3) is 3.42. The molecule has 0 spiro atoms. The van der Waals surface area contributed by atoms with Crippen LogP contribution in [0.2, 0.25) is 0 Å². The molecule has 3 rings (SSSR count). The minimum atomic E-state index is -1.26. The number of Topliss-reactive ketones (excluding diaryl/α,β-unsaturated/α-hetero) is 1. The summed E-state index contributed by atoms with van der Waals surface area (Å²) in [5.41, 5.74) is 0.0515. The molecule has 0 bridgehead atoms. The molecule has 0 aromatic heterocycles. The fourth-order valence-corrected chi connectivity index (χ4v) is 2.97. The van der Waals surface area contributed by atoms with E-state index in [0.29, 0.717) is 16.7 Å². The van der Waals surface area contributed by atoms with Gasteiger partial charge in [0.05, 0.1) is 11.6 Å². The summed E-state index contributed by atoms with van der Waals surface area (Å²) in [7, 11) is 0. The summed E-state index contributed by atoms with van der Waals surface area (Å²) in [6.07, 6.45) is -0.0613. The highest BCUT2D eigenvalue weighted by Gasteiger charge is 2.48. The molecule has 0 aliphatic carbocycles. The SMILES string of the molecule is CC1(c2ccc(C#N)cc2)NC(=O)N(CCC(=O)c2ccc(F)cc2)C1=O. The molecule has 1 fully saturated rings. The fraction of sp³-hybridized carbons (Fsp3) is 0.200. The van der Waals surface area contributed by atoms with Gasteiger partial charge in [-0.3, -0.25) is 14.5 Å². The van der Waals surface area contributed by atoms with Crippen LogP contribution in [-0.4, -0.2) is 29.2 Å². The van der Waals surface area contributed by atoms with Crippen LogP contribution in [0.1, 0.15) is 34.8 Å². The summed E-state index contributed by atoms with van der Waals surface area (Å²) in [4.78, 5) is 38.3. The number of carbonyl (C=O) groups excluding carboxylic acids is 3. The third-order valence-electron chi connectivity index (χ3n) is 4.59. The van der Waals surface area contributed by atoms with Gasteiger partial charge in [0, 0.05) is 18.5 Å². The van der Waals surface area contributed by atoms with E-state index < -0.39 is 23.3 Å². The number of imide groups is 1. The van der Waals surface area contributed by atoms with Crippen LogP contribution in [0, 0.1) is 17.1 Å². The van der Waals surface area contributed by atoms with Crippen molar-refractivity contribution in [2.75, 3.05) is 6.54 Å². The molecule has 1 atom stereocenters. The van der Waals surface area contributed by atoms with Gasteiger partial charge in [-0.05, 0) is 48.9 Å². The Morgan fingerprint density at radius 3 is 2.37 bits per heavy atom. The summed E-state index contributed by atoms with van der Waals surface area (Å²) >= 11 is 0. The molecule has 3 amide bonds. The second kappa shape index (κ2) is 7.00. The van der Waals surface area contributed by atoms with Crippen LogP contribution in [0.3, 0.4) is 0 Å². The van der Waals surface area contributed by atoms with Gasteiger partial charge < -0.3 is 5.32 Å². The van der Waals surface area contributed by atoms with Crippen LogP contribution in [0.15, 0.2) is 48.5 Å². The number of nitriles is 1. The van der Waals surface area contributed by atoms with Crippen molar-refractivity contribution in [3.8, 4) is 6.07 Å². The van der Waals surface area contributed by atoms with Gasteiger partial charge in [-0.1, -0.05) is 12.1 Å². The Morgan fingerprint density at radius 1 is 1.15 bits per heavy atom. The number of nitrogens with zero attached hydrogens (tertiary/aromatic N) is 2. The maximum atomic E-state index is 12.9. The monoisotopic (exact) mass is 365 g/mol. The average Bonchev–Trinajstić information content (AvgIpc) is 2.90. The molecule has 136 valence electrons. The van der Waals surface area contributed by atoms with E-state index in [4.69, 9.17) is 5.26 Å². The van der Waals surface area contributed by atoms with E-state index in [0.717, 1.165) is 4.90 Å². The number of hydrogen-bond acceptors (Lipinski definition) is 4. The number of hydrogen-bond donors (Lipinski definition) is 1. The van der Waals surface area contributed by atoms with Gasteiger partial charge in [-0.15, -0.1) is 0 Å². The highest BCUT2D eigenvalue weighted by atomic mass is 19.1. The molecule has 27 heavy (non-hydrogen) atoms. The van der Waals surface area contributed by atoms with Crippen molar-refractivity contribution in [3.05, 3.63) is 71.0 Å². The number of nitrogens with one attached hydrogen (secondary N) is 1. The molecular weight excluding hydrogens is 349 g/mol. The summed E-state index contributed by atoms with van der Waals surface area (Å²) in [6.45, 7) is 1.50. The van der Waals surface area contributed by atoms with Crippen molar-refractivity contribution in [1.82, 2.24) is 10.2 Å². The first kappa shape index (κ1) is 18.3. The maximum Gasteiger partial charge on any atom is 0.325 e. The lowest BCUT2D eigenvalue weighted by Gasteiger charge is -2.22. The van der Waals surface area contributed by atoms with E-state index >= 15 is 0 Å². The van der Waals surface area contributed by atoms with Crippen molar-refractivity contribution in [3.63, 3.8) is 0 Å². The van der Waals surface area contributed by atoms with Gasteiger partial charge in [-0.25, -0.2) is 9.18 Å². The topological polar surface area (TPSA) is 90.3 Å². The quantitative estimate of drug-likeness (QED) is 0.652. The molecule has 2 aromatic rings. The van der Waals surface area contributed by atoms with E-state index in [1.54, 1.807) is 31.2 Å². The van der Waals surface area contributed by atoms with E-state index in [-0.39, 0.29) is 18.7 Å². The predicted octanol–water partition coefficient (Wildman–Crippen LogP) is 2.74. The van der Waals surface area contributed by atoms with Gasteiger partial charge in [0.2, 0.25) is 0 Å². The number of ketones is 1. The lowest BCUT2D eigenvalue weighted by molar-refractivity contribution is -0.131. The van der Waals surface area contributed by atoms with Crippen LogP contribution in [-0.2, 0) is 10.3 Å². The van der Waals surface area contributed by atoms with Crippen molar-refractivity contribution >= 4 is 17.7 Å². The summed E-state index contributed by atoms with van der Waals surface area (Å²) in [6, 6.07) is 12.9. The third-order valence-corrected chi connectivity index (χ3v) is 4.59. The van der Waals surface area contributed by atoms with Crippen molar-refractivity contribution in [1.29, 1.82) is 5.26 Å². The highest BCUT2D eigenvalue weighted by Crippen LogP contribution is 2.29.